The molecule has 0 aliphatic carbocycles. The van der Waals surface area contributed by atoms with Crippen LogP contribution in [0, 0.1) is 5.82 Å². The first-order valence-electron chi connectivity index (χ1n) is 9.71. The molecule has 0 aliphatic rings. The third-order valence-electron chi connectivity index (χ3n) is 5.30. The van der Waals surface area contributed by atoms with Crippen molar-refractivity contribution in [2.24, 2.45) is 0 Å². The Bertz CT molecular complexity index is 1140. The van der Waals surface area contributed by atoms with Crippen LogP contribution in [0.25, 0.3) is 33.2 Å². The van der Waals surface area contributed by atoms with Crippen molar-refractivity contribution in [2.75, 3.05) is 0 Å². The summed E-state index contributed by atoms with van der Waals surface area (Å²) in [6.07, 6.45) is 0. The van der Waals surface area contributed by atoms with E-state index in [0.717, 1.165) is 45.4 Å². The SMILES string of the molecule is CCn1c(-c2ccc(F)cc2)c(-c2ccc3ccccc3c2)c(O)c1C(C)C. The first-order valence-corrected chi connectivity index (χ1v) is 9.71. The highest BCUT2D eigenvalue weighted by Gasteiger charge is 2.25. The summed E-state index contributed by atoms with van der Waals surface area (Å²) in [5.41, 5.74) is 4.50. The molecule has 0 radical (unpaired) electrons. The van der Waals surface area contributed by atoms with Crippen LogP contribution >= 0.6 is 0 Å². The summed E-state index contributed by atoms with van der Waals surface area (Å²) in [5, 5.41) is 13.5. The molecular formula is C25H24FNO. The summed E-state index contributed by atoms with van der Waals surface area (Å²) in [4.78, 5) is 0. The lowest BCUT2D eigenvalue weighted by atomic mass is 9.97. The van der Waals surface area contributed by atoms with Gasteiger partial charge in [-0.1, -0.05) is 50.2 Å². The lowest BCUT2D eigenvalue weighted by molar-refractivity contribution is 0.460. The van der Waals surface area contributed by atoms with Gasteiger partial charge in [0.1, 0.15) is 11.6 Å². The molecule has 1 aromatic heterocycles. The highest BCUT2D eigenvalue weighted by molar-refractivity contribution is 5.93. The molecule has 0 spiro atoms. The summed E-state index contributed by atoms with van der Waals surface area (Å²) >= 11 is 0. The number of rotatable bonds is 4. The Kier molecular flexibility index (Phi) is 4.68. The predicted octanol–water partition coefficient (Wildman–Crippen LogP) is 6.96. The maximum absolute atomic E-state index is 13.5. The van der Waals surface area contributed by atoms with Crippen LogP contribution < -0.4 is 0 Å². The van der Waals surface area contributed by atoms with Gasteiger partial charge in [-0.3, -0.25) is 0 Å². The maximum atomic E-state index is 13.5. The Morgan fingerprint density at radius 3 is 2.18 bits per heavy atom. The van der Waals surface area contributed by atoms with Crippen molar-refractivity contribution in [3.63, 3.8) is 0 Å². The van der Waals surface area contributed by atoms with Gasteiger partial charge in [0.25, 0.3) is 0 Å². The van der Waals surface area contributed by atoms with Gasteiger partial charge in [-0.05, 0) is 65.1 Å². The monoisotopic (exact) mass is 373 g/mol. The molecule has 28 heavy (non-hydrogen) atoms. The minimum absolute atomic E-state index is 0.161. The van der Waals surface area contributed by atoms with Crippen LogP contribution in [-0.2, 0) is 6.54 Å². The molecule has 0 bridgehead atoms. The van der Waals surface area contributed by atoms with Gasteiger partial charge in [-0.15, -0.1) is 0 Å². The summed E-state index contributed by atoms with van der Waals surface area (Å²) < 4.78 is 15.7. The van der Waals surface area contributed by atoms with E-state index in [1.807, 2.05) is 12.1 Å². The first kappa shape index (κ1) is 18.3. The molecule has 0 unspecified atom stereocenters. The minimum atomic E-state index is -0.265. The Hall–Kier alpha value is -3.07. The van der Waals surface area contributed by atoms with Crippen LogP contribution in [0.2, 0.25) is 0 Å². The Morgan fingerprint density at radius 1 is 0.893 bits per heavy atom. The number of halogens is 1. The van der Waals surface area contributed by atoms with Gasteiger partial charge in [-0.25, -0.2) is 4.39 Å². The summed E-state index contributed by atoms with van der Waals surface area (Å²) in [6, 6.07) is 20.9. The average molecular weight is 373 g/mol. The van der Waals surface area contributed by atoms with Crippen LogP contribution in [0.3, 0.4) is 0 Å². The molecule has 0 saturated carbocycles. The van der Waals surface area contributed by atoms with Crippen molar-refractivity contribution in [3.05, 3.63) is 78.2 Å². The lowest BCUT2D eigenvalue weighted by Gasteiger charge is -2.14. The Balaban J connectivity index is 2.05. The van der Waals surface area contributed by atoms with Gasteiger partial charge in [0.15, 0.2) is 0 Å². The second-order valence-corrected chi connectivity index (χ2v) is 7.43. The van der Waals surface area contributed by atoms with E-state index in [1.54, 1.807) is 12.1 Å². The van der Waals surface area contributed by atoms with Crippen LogP contribution in [0.1, 0.15) is 32.4 Å². The maximum Gasteiger partial charge on any atom is 0.145 e. The average Bonchev–Trinajstić information content (AvgIpc) is 3.00. The molecule has 3 aromatic carbocycles. The van der Waals surface area contributed by atoms with E-state index >= 15 is 0 Å². The van der Waals surface area contributed by atoms with Crippen LogP contribution in [0.4, 0.5) is 4.39 Å². The van der Waals surface area contributed by atoms with Gasteiger partial charge in [0.05, 0.1) is 11.4 Å². The van der Waals surface area contributed by atoms with E-state index in [0.29, 0.717) is 5.75 Å². The summed E-state index contributed by atoms with van der Waals surface area (Å²) in [7, 11) is 0. The molecule has 4 aromatic rings. The zero-order valence-corrected chi connectivity index (χ0v) is 16.4. The van der Waals surface area contributed by atoms with Gasteiger partial charge in [0.2, 0.25) is 0 Å². The predicted molar refractivity (Wildman–Crippen MR) is 114 cm³/mol. The molecule has 4 rings (SSSR count). The lowest BCUT2D eigenvalue weighted by Crippen LogP contribution is -2.04. The normalized spacial score (nSPS) is 11.5. The zero-order chi connectivity index (χ0) is 19.8. The quantitative estimate of drug-likeness (QED) is 0.411. The fourth-order valence-corrected chi connectivity index (χ4v) is 4.06. The number of aromatic hydroxyl groups is 1. The van der Waals surface area contributed by atoms with Crippen molar-refractivity contribution in [2.45, 2.75) is 33.2 Å². The zero-order valence-electron chi connectivity index (χ0n) is 16.4. The largest absolute Gasteiger partial charge is 0.505 e. The van der Waals surface area contributed by atoms with Gasteiger partial charge < -0.3 is 9.67 Å². The van der Waals surface area contributed by atoms with Crippen molar-refractivity contribution in [1.82, 2.24) is 4.57 Å². The number of aromatic nitrogens is 1. The number of hydrogen-bond donors (Lipinski definition) is 1. The standard InChI is InChI=1S/C25H24FNO/c1-4-27-23(16(2)3)25(28)22(24(27)18-11-13-21(26)14-12-18)20-10-9-17-7-5-6-8-19(17)15-20/h5-16,28H,4H2,1-3H3. The molecule has 0 atom stereocenters. The highest BCUT2D eigenvalue weighted by Crippen LogP contribution is 2.46. The minimum Gasteiger partial charge on any atom is -0.505 e. The Morgan fingerprint density at radius 2 is 1.54 bits per heavy atom. The van der Waals surface area contributed by atoms with Crippen molar-refractivity contribution >= 4 is 10.8 Å². The number of nitrogens with zero attached hydrogens (tertiary/aromatic N) is 1. The van der Waals surface area contributed by atoms with Crippen molar-refractivity contribution in [3.8, 4) is 28.1 Å². The smallest absolute Gasteiger partial charge is 0.145 e. The molecule has 1 N–H and O–H groups in total. The topological polar surface area (TPSA) is 25.2 Å². The molecule has 0 saturated heterocycles. The van der Waals surface area contributed by atoms with E-state index in [1.165, 1.54) is 12.1 Å². The van der Waals surface area contributed by atoms with Crippen LogP contribution in [0.5, 0.6) is 5.75 Å². The van der Waals surface area contributed by atoms with Gasteiger partial charge >= 0.3 is 0 Å². The van der Waals surface area contributed by atoms with Crippen molar-refractivity contribution < 1.29 is 9.50 Å². The molecule has 3 heteroatoms. The summed E-state index contributed by atoms with van der Waals surface area (Å²) in [6.45, 7) is 6.96. The third-order valence-corrected chi connectivity index (χ3v) is 5.30. The fraction of sp³-hybridized carbons (Fsp3) is 0.200. The highest BCUT2D eigenvalue weighted by atomic mass is 19.1. The third kappa shape index (κ3) is 2.97. The van der Waals surface area contributed by atoms with E-state index in [2.05, 4.69) is 55.7 Å². The number of benzene rings is 3. The molecule has 2 nitrogen and oxygen atoms in total. The van der Waals surface area contributed by atoms with Crippen LogP contribution in [-0.4, -0.2) is 9.67 Å². The molecule has 1 heterocycles. The molecule has 142 valence electrons. The summed E-state index contributed by atoms with van der Waals surface area (Å²) in [5.74, 6) is 0.207. The number of fused-ring (bicyclic) bond motifs is 1. The molecular weight excluding hydrogens is 349 g/mol. The first-order chi connectivity index (χ1) is 13.5. The second kappa shape index (κ2) is 7.16. The molecule has 0 fully saturated rings. The molecule has 0 aliphatic heterocycles. The van der Waals surface area contributed by atoms with E-state index in [4.69, 9.17) is 0 Å². The van der Waals surface area contributed by atoms with E-state index in [9.17, 15) is 9.50 Å². The second-order valence-electron chi connectivity index (χ2n) is 7.43. The fourth-order valence-electron chi connectivity index (χ4n) is 4.06. The number of hydrogen-bond acceptors (Lipinski definition) is 1. The van der Waals surface area contributed by atoms with E-state index < -0.39 is 0 Å². The van der Waals surface area contributed by atoms with Gasteiger partial charge in [-0.2, -0.15) is 0 Å². The van der Waals surface area contributed by atoms with Crippen molar-refractivity contribution in [1.29, 1.82) is 0 Å². The molecule has 0 amide bonds. The Labute approximate surface area is 164 Å². The van der Waals surface area contributed by atoms with Gasteiger partial charge in [0, 0.05) is 12.1 Å². The van der Waals surface area contributed by atoms with Crippen LogP contribution in [0.15, 0.2) is 66.7 Å². The van der Waals surface area contributed by atoms with E-state index in [-0.39, 0.29) is 11.7 Å².